The zero-order valence-electron chi connectivity index (χ0n) is 15.1. The van der Waals surface area contributed by atoms with Gasteiger partial charge < -0.3 is 4.90 Å². The highest BCUT2D eigenvalue weighted by atomic mass is 16.2. The Morgan fingerprint density at radius 1 is 1.33 bits per heavy atom. The predicted octanol–water partition coefficient (Wildman–Crippen LogP) is 2.51. The summed E-state index contributed by atoms with van der Waals surface area (Å²) in [6.45, 7) is 9.22. The molecule has 0 bridgehead atoms. The molecule has 24 heavy (non-hydrogen) atoms. The monoisotopic (exact) mass is 331 g/mol. The quantitative estimate of drug-likeness (QED) is 0.721. The third kappa shape index (κ3) is 5.13. The summed E-state index contributed by atoms with van der Waals surface area (Å²) in [7, 11) is 0. The Hall–Kier alpha value is -1.75. The molecule has 0 saturated carbocycles. The number of amides is 1. The van der Waals surface area contributed by atoms with Crippen LogP contribution in [0.2, 0.25) is 0 Å². The lowest BCUT2D eigenvalue weighted by molar-refractivity contribution is -0.146. The van der Waals surface area contributed by atoms with Crippen molar-refractivity contribution in [3.05, 3.63) is 30.1 Å². The minimum Gasteiger partial charge on any atom is -0.335 e. The second kappa shape index (κ2) is 8.92. The summed E-state index contributed by atoms with van der Waals surface area (Å²) in [5.41, 5.74) is 1.23. The Labute approximate surface area is 145 Å². The van der Waals surface area contributed by atoms with Gasteiger partial charge in [0.2, 0.25) is 5.78 Å². The Morgan fingerprint density at radius 3 is 2.67 bits per heavy atom. The predicted molar refractivity (Wildman–Crippen MR) is 94.4 cm³/mol. The molecule has 0 spiro atoms. The maximum atomic E-state index is 12.4. The topological polar surface area (TPSA) is 53.5 Å². The van der Waals surface area contributed by atoms with Crippen LogP contribution in [0.3, 0.4) is 0 Å². The number of ketones is 1. The lowest BCUT2D eigenvalue weighted by atomic mass is 10.0. The van der Waals surface area contributed by atoms with E-state index < -0.39 is 0 Å². The molecule has 2 heterocycles. The summed E-state index contributed by atoms with van der Waals surface area (Å²) in [4.78, 5) is 32.7. The fourth-order valence-corrected chi connectivity index (χ4v) is 3.29. The molecule has 1 aromatic heterocycles. The number of carbonyl (C=O) groups excluding carboxylic acids is 2. The first kappa shape index (κ1) is 18.6. The van der Waals surface area contributed by atoms with Crippen molar-refractivity contribution in [2.45, 2.75) is 52.6 Å². The summed E-state index contributed by atoms with van der Waals surface area (Å²) >= 11 is 0. The van der Waals surface area contributed by atoms with Crippen LogP contribution in [0.4, 0.5) is 0 Å². The summed E-state index contributed by atoms with van der Waals surface area (Å²) in [6.07, 6.45) is 5.99. The van der Waals surface area contributed by atoms with Crippen LogP contribution in [0.5, 0.6) is 0 Å². The van der Waals surface area contributed by atoms with Gasteiger partial charge in [0.05, 0.1) is 0 Å². The van der Waals surface area contributed by atoms with Crippen LogP contribution in [0, 0.1) is 5.92 Å². The van der Waals surface area contributed by atoms with Crippen LogP contribution < -0.4 is 0 Å². The first-order valence-electron chi connectivity index (χ1n) is 8.96. The number of rotatable bonds is 7. The Bertz CT molecular complexity index is 545. The number of likely N-dealkylation sites (tertiary alicyclic amines) is 1. The molecule has 1 atom stereocenters. The van der Waals surface area contributed by atoms with Gasteiger partial charge in [0.15, 0.2) is 0 Å². The van der Waals surface area contributed by atoms with Gasteiger partial charge in [0.1, 0.15) is 0 Å². The highest BCUT2D eigenvalue weighted by Gasteiger charge is 2.30. The number of pyridine rings is 1. The van der Waals surface area contributed by atoms with Gasteiger partial charge >= 0.3 is 0 Å². The molecule has 1 amide bonds. The summed E-state index contributed by atoms with van der Waals surface area (Å²) in [5, 5.41) is 0. The Morgan fingerprint density at radius 2 is 2.04 bits per heavy atom. The van der Waals surface area contributed by atoms with Crippen molar-refractivity contribution in [2.75, 3.05) is 19.6 Å². The molecule has 5 nitrogen and oxygen atoms in total. The molecule has 2 rings (SSSR count). The molecular weight excluding hydrogens is 302 g/mol. The van der Waals surface area contributed by atoms with Gasteiger partial charge in [-0.1, -0.05) is 20.8 Å². The lowest BCUT2D eigenvalue weighted by Gasteiger charge is -2.39. The molecule has 0 radical (unpaired) electrons. The minimum atomic E-state index is -0.298. The van der Waals surface area contributed by atoms with Crippen LogP contribution in [0.25, 0.3) is 0 Å². The summed E-state index contributed by atoms with van der Waals surface area (Å²) in [6, 6.07) is 4.37. The number of nitrogens with zero attached hydrogens (tertiary/aromatic N) is 3. The van der Waals surface area contributed by atoms with Gasteiger partial charge in [-0.25, -0.2) is 0 Å². The fourth-order valence-electron chi connectivity index (χ4n) is 3.29. The zero-order chi connectivity index (χ0) is 17.5. The lowest BCUT2D eigenvalue weighted by Crippen LogP contribution is -2.51. The third-order valence-corrected chi connectivity index (χ3v) is 4.57. The molecule has 1 aliphatic heterocycles. The van der Waals surface area contributed by atoms with Crippen molar-refractivity contribution >= 4 is 11.7 Å². The summed E-state index contributed by atoms with van der Waals surface area (Å²) in [5.74, 6) is -0.322. The van der Waals surface area contributed by atoms with E-state index in [4.69, 9.17) is 0 Å². The van der Waals surface area contributed by atoms with Crippen LogP contribution >= 0.6 is 0 Å². The first-order chi connectivity index (χ1) is 11.5. The van der Waals surface area contributed by atoms with Crippen molar-refractivity contribution in [3.8, 4) is 0 Å². The Balaban J connectivity index is 1.98. The van der Waals surface area contributed by atoms with Gasteiger partial charge in [0.25, 0.3) is 5.91 Å². The van der Waals surface area contributed by atoms with Crippen molar-refractivity contribution in [1.82, 2.24) is 14.8 Å². The zero-order valence-corrected chi connectivity index (χ0v) is 15.1. The SMILES string of the molecule is CCN(Cc1ccncc1)C1CCCN(C(=O)C(=O)CC(C)C)C1. The van der Waals surface area contributed by atoms with Crippen molar-refractivity contribution in [2.24, 2.45) is 5.92 Å². The number of aromatic nitrogens is 1. The standard InChI is InChI=1S/C19H29N3O2/c1-4-21(13-16-7-9-20-10-8-16)17-6-5-11-22(14-17)19(24)18(23)12-15(2)3/h7-10,15,17H,4-6,11-14H2,1-3H3. The summed E-state index contributed by atoms with van der Waals surface area (Å²) < 4.78 is 0. The van der Waals surface area contributed by atoms with E-state index >= 15 is 0 Å². The number of carbonyl (C=O) groups is 2. The Kier molecular flexibility index (Phi) is 6.91. The number of piperidine rings is 1. The van der Waals surface area contributed by atoms with Gasteiger partial charge in [0, 0.05) is 44.5 Å². The molecule has 0 aromatic carbocycles. The molecule has 1 aliphatic rings. The smallest absolute Gasteiger partial charge is 0.289 e. The molecule has 132 valence electrons. The molecule has 1 fully saturated rings. The van der Waals surface area contributed by atoms with Crippen molar-refractivity contribution in [1.29, 1.82) is 0 Å². The highest BCUT2D eigenvalue weighted by Crippen LogP contribution is 2.19. The van der Waals surface area contributed by atoms with Gasteiger partial charge in [-0.15, -0.1) is 0 Å². The normalized spacial score (nSPS) is 18.2. The van der Waals surface area contributed by atoms with Crippen LogP contribution in [0.1, 0.15) is 45.6 Å². The second-order valence-corrected chi connectivity index (χ2v) is 6.99. The van der Waals surface area contributed by atoms with Gasteiger partial charge in [-0.05, 0) is 43.0 Å². The number of likely N-dealkylation sites (N-methyl/N-ethyl adjacent to an activating group) is 1. The van der Waals surface area contributed by atoms with Crippen molar-refractivity contribution in [3.63, 3.8) is 0 Å². The largest absolute Gasteiger partial charge is 0.335 e. The number of hydrogen-bond acceptors (Lipinski definition) is 4. The van der Waals surface area contributed by atoms with Crippen LogP contribution in [0.15, 0.2) is 24.5 Å². The average Bonchev–Trinajstić information content (AvgIpc) is 2.59. The van der Waals surface area contributed by atoms with E-state index in [0.717, 1.165) is 25.9 Å². The van der Waals surface area contributed by atoms with Gasteiger partial charge in [-0.3, -0.25) is 19.5 Å². The van der Waals surface area contributed by atoms with E-state index in [1.165, 1.54) is 5.56 Å². The molecule has 1 saturated heterocycles. The highest BCUT2D eigenvalue weighted by molar-refractivity contribution is 6.36. The number of hydrogen-bond donors (Lipinski definition) is 0. The number of Topliss-reactive ketones (excluding diaryl/α,β-unsaturated/α-hetero) is 1. The minimum absolute atomic E-state index is 0.223. The van der Waals surface area contributed by atoms with E-state index in [-0.39, 0.29) is 17.6 Å². The molecule has 0 N–H and O–H groups in total. The molecular formula is C19H29N3O2. The van der Waals surface area contributed by atoms with E-state index in [2.05, 4.69) is 16.8 Å². The molecule has 0 aliphatic carbocycles. The fraction of sp³-hybridized carbons (Fsp3) is 0.632. The van der Waals surface area contributed by atoms with E-state index in [0.29, 0.717) is 25.6 Å². The van der Waals surface area contributed by atoms with E-state index in [9.17, 15) is 9.59 Å². The molecule has 1 aromatic rings. The van der Waals surface area contributed by atoms with Crippen LogP contribution in [-0.4, -0.2) is 52.2 Å². The van der Waals surface area contributed by atoms with Crippen LogP contribution in [-0.2, 0) is 16.1 Å². The third-order valence-electron chi connectivity index (χ3n) is 4.57. The van der Waals surface area contributed by atoms with E-state index in [1.54, 1.807) is 4.90 Å². The molecule has 5 heteroatoms. The molecule has 1 unspecified atom stereocenters. The maximum absolute atomic E-state index is 12.4. The van der Waals surface area contributed by atoms with Gasteiger partial charge in [-0.2, -0.15) is 0 Å². The van der Waals surface area contributed by atoms with E-state index in [1.807, 2.05) is 38.4 Å². The maximum Gasteiger partial charge on any atom is 0.289 e. The second-order valence-electron chi connectivity index (χ2n) is 6.99. The average molecular weight is 331 g/mol. The first-order valence-corrected chi connectivity index (χ1v) is 8.96. The van der Waals surface area contributed by atoms with Crippen molar-refractivity contribution < 1.29 is 9.59 Å².